The third-order valence-corrected chi connectivity index (χ3v) is 7.44. The Morgan fingerprint density at radius 1 is 1.06 bits per heavy atom. The summed E-state index contributed by atoms with van der Waals surface area (Å²) in [5.74, 6) is -3.75. The SMILES string of the molecule is CCc1cccc2c1NC(=O)C21NC(CCC(=O)O)C2C(=O)N(CCc3ccccc3)C(=O)C21. The maximum atomic E-state index is 13.7. The van der Waals surface area contributed by atoms with Gasteiger partial charge in [-0.2, -0.15) is 0 Å². The Bertz CT molecular complexity index is 1180. The Morgan fingerprint density at radius 2 is 1.82 bits per heavy atom. The number of aliphatic carboxylic acids is 1. The minimum absolute atomic E-state index is 0.153. The molecule has 2 aromatic rings. The lowest BCUT2D eigenvalue weighted by Crippen LogP contribution is -2.53. The molecule has 2 aromatic carbocycles. The highest BCUT2D eigenvalue weighted by Gasteiger charge is 2.70. The number of hydrogen-bond donors (Lipinski definition) is 3. The predicted molar refractivity (Wildman–Crippen MR) is 124 cm³/mol. The van der Waals surface area contributed by atoms with Gasteiger partial charge in [0, 0.05) is 30.3 Å². The van der Waals surface area contributed by atoms with Crippen LogP contribution >= 0.6 is 0 Å². The molecule has 4 unspecified atom stereocenters. The molecule has 2 fully saturated rings. The summed E-state index contributed by atoms with van der Waals surface area (Å²) in [6.07, 6.45) is 1.21. The molecule has 1 spiro atoms. The number of hydrogen-bond acceptors (Lipinski definition) is 5. The van der Waals surface area contributed by atoms with Crippen molar-refractivity contribution in [2.45, 2.75) is 44.2 Å². The number of para-hydroxylation sites is 1. The topological polar surface area (TPSA) is 116 Å². The van der Waals surface area contributed by atoms with Crippen LogP contribution in [0.2, 0.25) is 0 Å². The van der Waals surface area contributed by atoms with Gasteiger partial charge < -0.3 is 10.4 Å². The van der Waals surface area contributed by atoms with Crippen molar-refractivity contribution in [3.8, 4) is 0 Å². The first-order valence-corrected chi connectivity index (χ1v) is 11.7. The lowest BCUT2D eigenvalue weighted by atomic mass is 9.76. The predicted octanol–water partition coefficient (Wildman–Crippen LogP) is 2.08. The van der Waals surface area contributed by atoms with E-state index in [-0.39, 0.29) is 37.1 Å². The average Bonchev–Trinajstić information content (AvgIpc) is 3.41. The fourth-order valence-corrected chi connectivity index (χ4v) is 5.88. The monoisotopic (exact) mass is 461 g/mol. The molecule has 34 heavy (non-hydrogen) atoms. The van der Waals surface area contributed by atoms with Crippen LogP contribution in [-0.2, 0) is 37.6 Å². The van der Waals surface area contributed by atoms with Crippen LogP contribution in [0.3, 0.4) is 0 Å². The second-order valence-corrected chi connectivity index (χ2v) is 9.21. The maximum Gasteiger partial charge on any atom is 0.303 e. The molecule has 3 heterocycles. The highest BCUT2D eigenvalue weighted by Crippen LogP contribution is 2.54. The van der Waals surface area contributed by atoms with Gasteiger partial charge in [-0.25, -0.2) is 0 Å². The Labute approximate surface area is 197 Å². The van der Waals surface area contributed by atoms with Crippen molar-refractivity contribution in [1.29, 1.82) is 0 Å². The van der Waals surface area contributed by atoms with Crippen LogP contribution in [0.25, 0.3) is 0 Å². The van der Waals surface area contributed by atoms with E-state index in [1.54, 1.807) is 0 Å². The molecule has 0 aromatic heterocycles. The number of benzene rings is 2. The van der Waals surface area contributed by atoms with Crippen LogP contribution in [0.5, 0.6) is 0 Å². The van der Waals surface area contributed by atoms with Gasteiger partial charge in [0.05, 0.1) is 11.8 Å². The van der Waals surface area contributed by atoms with Gasteiger partial charge in [0.2, 0.25) is 17.7 Å². The lowest BCUT2D eigenvalue weighted by Gasteiger charge is -2.29. The first kappa shape index (κ1) is 22.3. The number of fused-ring (bicyclic) bond motifs is 4. The number of rotatable bonds is 7. The van der Waals surface area contributed by atoms with Crippen molar-refractivity contribution in [3.05, 3.63) is 65.2 Å². The van der Waals surface area contributed by atoms with Crippen LogP contribution in [-0.4, -0.2) is 46.3 Å². The molecule has 3 amide bonds. The maximum absolute atomic E-state index is 13.7. The van der Waals surface area contributed by atoms with E-state index in [9.17, 15) is 24.3 Å². The third-order valence-electron chi connectivity index (χ3n) is 7.44. The molecule has 176 valence electrons. The highest BCUT2D eigenvalue weighted by molar-refractivity contribution is 6.15. The number of imide groups is 1. The average molecular weight is 462 g/mol. The molecule has 2 saturated heterocycles. The van der Waals surface area contributed by atoms with Gasteiger partial charge in [-0.05, 0) is 30.4 Å². The minimum Gasteiger partial charge on any atom is -0.481 e. The first-order valence-electron chi connectivity index (χ1n) is 11.7. The number of carboxylic acid groups (broad SMARTS) is 1. The van der Waals surface area contributed by atoms with Gasteiger partial charge in [-0.3, -0.25) is 29.4 Å². The van der Waals surface area contributed by atoms with E-state index in [2.05, 4.69) is 10.6 Å². The second kappa shape index (κ2) is 8.36. The Balaban J connectivity index is 1.54. The molecule has 5 rings (SSSR count). The molecule has 0 radical (unpaired) electrons. The lowest BCUT2D eigenvalue weighted by molar-refractivity contribution is -0.143. The normalized spacial score (nSPS) is 27.3. The summed E-state index contributed by atoms with van der Waals surface area (Å²) in [4.78, 5) is 53.4. The first-order chi connectivity index (χ1) is 16.4. The van der Waals surface area contributed by atoms with E-state index in [0.29, 0.717) is 24.1 Å². The van der Waals surface area contributed by atoms with Crippen molar-refractivity contribution < 1.29 is 24.3 Å². The zero-order valence-corrected chi connectivity index (χ0v) is 18.9. The fourth-order valence-electron chi connectivity index (χ4n) is 5.88. The summed E-state index contributed by atoms with van der Waals surface area (Å²) in [7, 11) is 0. The number of nitrogens with one attached hydrogen (secondary N) is 2. The number of likely N-dealkylation sites (tertiary alicyclic amines) is 1. The minimum atomic E-state index is -1.39. The molecular formula is C26H27N3O5. The molecule has 3 aliphatic heterocycles. The summed E-state index contributed by atoms with van der Waals surface area (Å²) < 4.78 is 0. The summed E-state index contributed by atoms with van der Waals surface area (Å²) in [6, 6.07) is 14.6. The van der Waals surface area contributed by atoms with Crippen LogP contribution in [0.4, 0.5) is 5.69 Å². The molecule has 4 atom stereocenters. The van der Waals surface area contributed by atoms with E-state index in [1.165, 1.54) is 4.90 Å². The van der Waals surface area contributed by atoms with Gasteiger partial charge in [0.1, 0.15) is 5.54 Å². The van der Waals surface area contributed by atoms with E-state index >= 15 is 0 Å². The quantitative estimate of drug-likeness (QED) is 0.544. The fraction of sp³-hybridized carbons (Fsp3) is 0.385. The van der Waals surface area contributed by atoms with Gasteiger partial charge in [-0.1, -0.05) is 55.5 Å². The van der Waals surface area contributed by atoms with Crippen LogP contribution in [0.1, 0.15) is 36.5 Å². The molecular weight excluding hydrogens is 434 g/mol. The van der Waals surface area contributed by atoms with Gasteiger partial charge in [0.15, 0.2) is 0 Å². The number of carboxylic acids is 1. The zero-order chi connectivity index (χ0) is 24.0. The van der Waals surface area contributed by atoms with E-state index < -0.39 is 29.4 Å². The molecule has 8 heteroatoms. The highest BCUT2D eigenvalue weighted by atomic mass is 16.4. The number of carbonyl (C=O) groups is 4. The van der Waals surface area contributed by atoms with Crippen LogP contribution in [0, 0.1) is 11.8 Å². The summed E-state index contributed by atoms with van der Waals surface area (Å²) in [5, 5.41) is 15.5. The number of anilines is 1. The van der Waals surface area contributed by atoms with Crippen molar-refractivity contribution in [3.63, 3.8) is 0 Å². The summed E-state index contributed by atoms with van der Waals surface area (Å²) in [5.41, 5.74) is 1.92. The molecule has 8 nitrogen and oxygen atoms in total. The summed E-state index contributed by atoms with van der Waals surface area (Å²) >= 11 is 0. The second-order valence-electron chi connectivity index (χ2n) is 9.21. The third kappa shape index (κ3) is 3.24. The zero-order valence-electron chi connectivity index (χ0n) is 18.9. The number of aryl methyl sites for hydroxylation is 1. The Hall–Kier alpha value is -3.52. The molecule has 3 aliphatic rings. The van der Waals surface area contributed by atoms with Crippen molar-refractivity contribution in [2.24, 2.45) is 11.8 Å². The van der Waals surface area contributed by atoms with Crippen molar-refractivity contribution >= 4 is 29.4 Å². The van der Waals surface area contributed by atoms with Gasteiger partial charge in [0.25, 0.3) is 0 Å². The van der Waals surface area contributed by atoms with Crippen LogP contribution in [0.15, 0.2) is 48.5 Å². The standard InChI is InChI=1S/C26H27N3O5/c1-2-16-9-6-10-17-22(16)27-25(34)26(17)21-20(18(28-26)11-12-19(30)31)23(32)29(24(21)33)14-13-15-7-4-3-5-8-15/h3-10,18,20-21,28H,2,11-14H2,1H3,(H,27,34)(H,30,31). The largest absolute Gasteiger partial charge is 0.481 e. The van der Waals surface area contributed by atoms with Crippen molar-refractivity contribution in [1.82, 2.24) is 10.2 Å². The van der Waals surface area contributed by atoms with E-state index in [0.717, 1.165) is 11.1 Å². The van der Waals surface area contributed by atoms with E-state index in [1.807, 2.05) is 55.5 Å². The Kier molecular flexibility index (Phi) is 5.48. The molecule has 3 N–H and O–H groups in total. The molecule has 0 saturated carbocycles. The smallest absolute Gasteiger partial charge is 0.303 e. The van der Waals surface area contributed by atoms with Gasteiger partial charge in [-0.15, -0.1) is 0 Å². The van der Waals surface area contributed by atoms with Crippen LogP contribution < -0.4 is 10.6 Å². The molecule has 0 bridgehead atoms. The molecule has 0 aliphatic carbocycles. The Morgan fingerprint density at radius 3 is 2.53 bits per heavy atom. The number of carbonyl (C=O) groups excluding carboxylic acids is 3. The van der Waals surface area contributed by atoms with Gasteiger partial charge >= 0.3 is 5.97 Å². The van der Waals surface area contributed by atoms with Crippen molar-refractivity contribution in [2.75, 3.05) is 11.9 Å². The number of amides is 3. The van der Waals surface area contributed by atoms with E-state index in [4.69, 9.17) is 0 Å². The summed E-state index contributed by atoms with van der Waals surface area (Å²) in [6.45, 7) is 2.21. The number of nitrogens with zero attached hydrogens (tertiary/aromatic N) is 1.